The molecule has 1 aliphatic rings. The number of nitrogens with one attached hydrogen (secondary N) is 1. The fraction of sp³-hybridized carbons (Fsp3) is 0.227. The fourth-order valence-electron chi connectivity index (χ4n) is 2.61. The Morgan fingerprint density at radius 2 is 1.96 bits per heavy atom. The van der Waals surface area contributed by atoms with E-state index in [-0.39, 0.29) is 17.5 Å². The van der Waals surface area contributed by atoms with Gasteiger partial charge in [-0.2, -0.15) is 5.26 Å². The normalized spacial score (nSPS) is 13.4. The summed E-state index contributed by atoms with van der Waals surface area (Å²) >= 11 is 0. The zero-order chi connectivity index (χ0) is 20.1. The van der Waals surface area contributed by atoms with Gasteiger partial charge in [0.2, 0.25) is 0 Å². The summed E-state index contributed by atoms with van der Waals surface area (Å²) < 4.78 is 10.6. The van der Waals surface area contributed by atoms with Crippen molar-refractivity contribution < 1.29 is 19.1 Å². The number of aryl methyl sites for hydroxylation is 1. The predicted octanol–water partition coefficient (Wildman–Crippen LogP) is 3.86. The van der Waals surface area contributed by atoms with Gasteiger partial charge in [-0.05, 0) is 61.2 Å². The molecule has 0 unspecified atom stereocenters. The van der Waals surface area contributed by atoms with Crippen LogP contribution in [0.25, 0.3) is 6.08 Å². The second-order valence-corrected chi connectivity index (χ2v) is 6.60. The molecule has 0 atom stereocenters. The Bertz CT molecular complexity index is 984. The number of hydrogen-bond acceptors (Lipinski definition) is 5. The summed E-state index contributed by atoms with van der Waals surface area (Å²) in [5.41, 5.74) is 2.15. The van der Waals surface area contributed by atoms with Gasteiger partial charge in [-0.3, -0.25) is 9.59 Å². The lowest BCUT2D eigenvalue weighted by Gasteiger charge is -2.10. The molecule has 6 heteroatoms. The van der Waals surface area contributed by atoms with E-state index < -0.39 is 5.91 Å². The Balaban J connectivity index is 1.78. The van der Waals surface area contributed by atoms with Gasteiger partial charge in [0.15, 0.2) is 11.5 Å². The number of benzene rings is 2. The Morgan fingerprint density at radius 1 is 1.18 bits per heavy atom. The van der Waals surface area contributed by atoms with Crippen molar-refractivity contribution in [3.8, 4) is 17.6 Å². The number of esters is 1. The van der Waals surface area contributed by atoms with Crippen molar-refractivity contribution in [3.05, 3.63) is 59.2 Å². The highest BCUT2D eigenvalue weighted by molar-refractivity contribution is 6.09. The van der Waals surface area contributed by atoms with Gasteiger partial charge in [0.05, 0.1) is 13.0 Å². The number of methoxy groups -OCH3 is 1. The minimum atomic E-state index is -0.503. The first-order valence-electron chi connectivity index (χ1n) is 8.89. The number of nitriles is 1. The molecular weight excluding hydrogens is 356 g/mol. The van der Waals surface area contributed by atoms with E-state index in [0.717, 1.165) is 18.4 Å². The number of anilines is 1. The van der Waals surface area contributed by atoms with Gasteiger partial charge in [-0.15, -0.1) is 0 Å². The molecule has 0 radical (unpaired) electrons. The number of carbonyl (C=O) groups is 2. The van der Waals surface area contributed by atoms with Crippen LogP contribution in [-0.2, 0) is 9.59 Å². The van der Waals surface area contributed by atoms with E-state index >= 15 is 0 Å². The van der Waals surface area contributed by atoms with Gasteiger partial charge < -0.3 is 14.8 Å². The third kappa shape index (κ3) is 4.77. The molecule has 1 N–H and O–H groups in total. The summed E-state index contributed by atoms with van der Waals surface area (Å²) in [4.78, 5) is 24.3. The van der Waals surface area contributed by atoms with Crippen LogP contribution in [-0.4, -0.2) is 19.0 Å². The zero-order valence-corrected chi connectivity index (χ0v) is 15.7. The Hall–Kier alpha value is -3.59. The van der Waals surface area contributed by atoms with Crippen LogP contribution in [0.4, 0.5) is 5.69 Å². The van der Waals surface area contributed by atoms with Crippen molar-refractivity contribution in [2.24, 2.45) is 5.92 Å². The number of ether oxygens (including phenoxy) is 2. The summed E-state index contributed by atoms with van der Waals surface area (Å²) in [5, 5.41) is 12.1. The van der Waals surface area contributed by atoms with Crippen molar-refractivity contribution >= 4 is 23.6 Å². The Kier molecular flexibility index (Phi) is 5.75. The number of amides is 1. The SMILES string of the molecule is COc1cc(/C=C(\C#N)C(=O)Nc2cccc(C)c2)ccc1OC(=O)C1CC1. The van der Waals surface area contributed by atoms with E-state index in [1.165, 1.54) is 13.2 Å². The number of carbonyl (C=O) groups excluding carboxylic acids is 2. The molecule has 1 aliphatic carbocycles. The van der Waals surface area contributed by atoms with Crippen LogP contribution in [0.15, 0.2) is 48.0 Å². The zero-order valence-electron chi connectivity index (χ0n) is 15.7. The number of hydrogen-bond donors (Lipinski definition) is 1. The molecule has 0 aliphatic heterocycles. The summed E-state index contributed by atoms with van der Waals surface area (Å²) in [5.74, 6) is -0.119. The second kappa shape index (κ2) is 8.40. The highest BCUT2D eigenvalue weighted by atomic mass is 16.6. The number of rotatable bonds is 6. The molecule has 0 heterocycles. The van der Waals surface area contributed by atoms with Crippen LogP contribution in [0.5, 0.6) is 11.5 Å². The molecule has 28 heavy (non-hydrogen) atoms. The summed E-state index contributed by atoms with van der Waals surface area (Å²) in [7, 11) is 1.47. The van der Waals surface area contributed by atoms with Gasteiger partial charge in [0.25, 0.3) is 5.91 Å². The lowest BCUT2D eigenvalue weighted by Crippen LogP contribution is -2.13. The van der Waals surface area contributed by atoms with Crippen molar-refractivity contribution in [2.75, 3.05) is 12.4 Å². The molecule has 2 aromatic carbocycles. The van der Waals surface area contributed by atoms with Crippen LogP contribution in [0.2, 0.25) is 0 Å². The van der Waals surface area contributed by atoms with Gasteiger partial charge in [0.1, 0.15) is 11.6 Å². The average Bonchev–Trinajstić information content (AvgIpc) is 3.52. The monoisotopic (exact) mass is 376 g/mol. The smallest absolute Gasteiger partial charge is 0.314 e. The van der Waals surface area contributed by atoms with E-state index in [1.54, 1.807) is 24.3 Å². The van der Waals surface area contributed by atoms with Crippen LogP contribution < -0.4 is 14.8 Å². The van der Waals surface area contributed by atoms with Crippen LogP contribution >= 0.6 is 0 Å². The summed E-state index contributed by atoms with van der Waals surface area (Å²) in [6.07, 6.45) is 3.16. The molecule has 1 saturated carbocycles. The summed E-state index contributed by atoms with van der Waals surface area (Å²) in [6, 6.07) is 14.1. The van der Waals surface area contributed by atoms with E-state index in [4.69, 9.17) is 9.47 Å². The highest BCUT2D eigenvalue weighted by Crippen LogP contribution is 2.34. The van der Waals surface area contributed by atoms with Crippen molar-refractivity contribution in [1.82, 2.24) is 0 Å². The molecule has 2 aromatic rings. The molecule has 142 valence electrons. The molecule has 1 amide bonds. The molecule has 0 aromatic heterocycles. The standard InChI is InChI=1S/C22H20N2O4/c1-14-4-3-5-18(10-14)24-21(25)17(13-23)11-15-6-9-19(20(12-15)27-2)28-22(26)16-7-8-16/h3-6,9-12,16H,7-8H2,1-2H3,(H,24,25)/b17-11+. The van der Waals surface area contributed by atoms with Crippen molar-refractivity contribution in [3.63, 3.8) is 0 Å². The van der Waals surface area contributed by atoms with Gasteiger partial charge in [0, 0.05) is 5.69 Å². The first kappa shape index (κ1) is 19.2. The Labute approximate surface area is 163 Å². The topological polar surface area (TPSA) is 88.4 Å². The van der Waals surface area contributed by atoms with E-state index in [2.05, 4.69) is 5.32 Å². The first-order chi connectivity index (χ1) is 13.5. The molecule has 0 spiro atoms. The molecule has 1 fully saturated rings. The average molecular weight is 376 g/mol. The van der Waals surface area contributed by atoms with Gasteiger partial charge in [-0.25, -0.2) is 0 Å². The molecule has 0 bridgehead atoms. The second-order valence-electron chi connectivity index (χ2n) is 6.60. The lowest BCUT2D eigenvalue weighted by molar-refractivity contribution is -0.135. The fourth-order valence-corrected chi connectivity index (χ4v) is 2.61. The predicted molar refractivity (Wildman–Crippen MR) is 105 cm³/mol. The molecular formula is C22H20N2O4. The molecule has 6 nitrogen and oxygen atoms in total. The molecule has 3 rings (SSSR count). The van der Waals surface area contributed by atoms with Crippen LogP contribution in [0.1, 0.15) is 24.0 Å². The van der Waals surface area contributed by atoms with Gasteiger partial charge in [-0.1, -0.05) is 18.2 Å². The van der Waals surface area contributed by atoms with Crippen molar-refractivity contribution in [2.45, 2.75) is 19.8 Å². The third-order valence-corrected chi connectivity index (χ3v) is 4.26. The van der Waals surface area contributed by atoms with E-state index in [1.807, 2.05) is 31.2 Å². The largest absolute Gasteiger partial charge is 0.493 e. The van der Waals surface area contributed by atoms with Crippen molar-refractivity contribution in [1.29, 1.82) is 5.26 Å². The van der Waals surface area contributed by atoms with Crippen LogP contribution in [0.3, 0.4) is 0 Å². The minimum absolute atomic E-state index is 0.0280. The highest BCUT2D eigenvalue weighted by Gasteiger charge is 2.32. The lowest BCUT2D eigenvalue weighted by atomic mass is 10.1. The minimum Gasteiger partial charge on any atom is -0.493 e. The maximum atomic E-state index is 12.4. The third-order valence-electron chi connectivity index (χ3n) is 4.26. The summed E-state index contributed by atoms with van der Waals surface area (Å²) in [6.45, 7) is 1.92. The maximum Gasteiger partial charge on any atom is 0.314 e. The van der Waals surface area contributed by atoms with E-state index in [0.29, 0.717) is 22.7 Å². The Morgan fingerprint density at radius 3 is 2.61 bits per heavy atom. The van der Waals surface area contributed by atoms with Crippen LogP contribution in [0, 0.1) is 24.2 Å². The van der Waals surface area contributed by atoms with Gasteiger partial charge >= 0.3 is 5.97 Å². The first-order valence-corrected chi connectivity index (χ1v) is 8.89. The molecule has 0 saturated heterocycles. The van der Waals surface area contributed by atoms with E-state index in [9.17, 15) is 14.9 Å². The quantitative estimate of drug-likeness (QED) is 0.358. The number of nitrogens with zero attached hydrogens (tertiary/aromatic N) is 1. The maximum absolute atomic E-state index is 12.4.